The third-order valence-corrected chi connectivity index (χ3v) is 5.67. The number of aromatic nitrogens is 2. The Balaban J connectivity index is 1.36. The molecule has 3 aromatic rings. The average Bonchev–Trinajstić information content (AvgIpc) is 2.97. The Labute approximate surface area is 178 Å². The van der Waals surface area contributed by atoms with Gasteiger partial charge in [-0.25, -0.2) is 0 Å². The van der Waals surface area contributed by atoms with Gasteiger partial charge in [0, 0.05) is 29.5 Å². The van der Waals surface area contributed by atoms with E-state index in [1.807, 2.05) is 18.2 Å². The van der Waals surface area contributed by atoms with Crippen molar-refractivity contribution in [1.29, 1.82) is 0 Å². The van der Waals surface area contributed by atoms with Crippen molar-refractivity contribution in [2.24, 2.45) is 0 Å². The molecule has 4 rings (SSSR count). The van der Waals surface area contributed by atoms with E-state index in [0.29, 0.717) is 18.9 Å². The highest BCUT2D eigenvalue weighted by atomic mass is 79.9. The van der Waals surface area contributed by atoms with Gasteiger partial charge in [0.25, 0.3) is 5.56 Å². The predicted molar refractivity (Wildman–Crippen MR) is 117 cm³/mol. The van der Waals surface area contributed by atoms with Crippen LogP contribution < -0.4 is 15.6 Å². The molecule has 1 aromatic carbocycles. The van der Waals surface area contributed by atoms with Gasteiger partial charge in [-0.1, -0.05) is 18.2 Å². The van der Waals surface area contributed by atoms with Gasteiger partial charge in [-0.2, -0.15) is 0 Å². The topological polar surface area (TPSA) is 56.1 Å². The zero-order valence-electron chi connectivity index (χ0n) is 16.2. The maximum absolute atomic E-state index is 12.4. The molecule has 0 unspecified atom stereocenters. The van der Waals surface area contributed by atoms with Gasteiger partial charge in [0.15, 0.2) is 0 Å². The fourth-order valence-corrected chi connectivity index (χ4v) is 3.78. The Hall–Kier alpha value is -2.44. The SMILES string of the molecule is O=c1cc(OCc2ccc(Br)cn2)ccn1CCc1ccc2c(c1)CCNCC2. The number of rotatable bonds is 6. The van der Waals surface area contributed by atoms with Crippen LogP contribution in [0.3, 0.4) is 0 Å². The number of benzene rings is 1. The number of aryl methyl sites for hydroxylation is 2. The lowest BCUT2D eigenvalue weighted by Crippen LogP contribution is -2.19. The lowest BCUT2D eigenvalue weighted by Gasteiger charge is -2.11. The first-order valence-corrected chi connectivity index (χ1v) is 10.7. The summed E-state index contributed by atoms with van der Waals surface area (Å²) in [5.74, 6) is 0.563. The Bertz CT molecular complexity index is 1030. The van der Waals surface area contributed by atoms with E-state index in [2.05, 4.69) is 44.4 Å². The van der Waals surface area contributed by atoms with E-state index in [1.165, 1.54) is 16.7 Å². The zero-order valence-corrected chi connectivity index (χ0v) is 17.8. The lowest BCUT2D eigenvalue weighted by molar-refractivity contribution is 0.300. The molecule has 29 heavy (non-hydrogen) atoms. The van der Waals surface area contributed by atoms with Gasteiger partial charge in [0.2, 0.25) is 0 Å². The van der Waals surface area contributed by atoms with Crippen molar-refractivity contribution in [2.75, 3.05) is 13.1 Å². The molecule has 3 heterocycles. The van der Waals surface area contributed by atoms with Crippen molar-refractivity contribution < 1.29 is 4.74 Å². The van der Waals surface area contributed by atoms with Crippen molar-refractivity contribution in [3.05, 3.63) is 92.1 Å². The first kappa shape index (κ1) is 19.9. The molecule has 2 aromatic heterocycles. The van der Waals surface area contributed by atoms with Crippen LogP contribution in [0.15, 0.2) is 64.1 Å². The molecule has 0 saturated heterocycles. The summed E-state index contributed by atoms with van der Waals surface area (Å²) >= 11 is 3.36. The number of fused-ring (bicyclic) bond motifs is 1. The number of hydrogen-bond acceptors (Lipinski definition) is 4. The highest BCUT2D eigenvalue weighted by Gasteiger charge is 2.08. The van der Waals surface area contributed by atoms with Gasteiger partial charge < -0.3 is 14.6 Å². The molecule has 1 N–H and O–H groups in total. The monoisotopic (exact) mass is 453 g/mol. The number of nitrogens with zero attached hydrogens (tertiary/aromatic N) is 2. The molecule has 1 aliphatic heterocycles. The van der Waals surface area contributed by atoms with Gasteiger partial charge in [-0.05, 0) is 83.2 Å². The van der Waals surface area contributed by atoms with E-state index in [0.717, 1.165) is 42.5 Å². The highest BCUT2D eigenvalue weighted by molar-refractivity contribution is 9.10. The summed E-state index contributed by atoms with van der Waals surface area (Å²) in [6, 6.07) is 13.9. The van der Waals surface area contributed by atoms with Crippen LogP contribution in [-0.4, -0.2) is 22.6 Å². The van der Waals surface area contributed by atoms with Gasteiger partial charge in [0.1, 0.15) is 12.4 Å². The summed E-state index contributed by atoms with van der Waals surface area (Å²) in [5, 5.41) is 3.44. The minimum absolute atomic E-state index is 0.0507. The standard InChI is InChI=1S/C23H24BrN3O2/c24-20-3-4-21(26-15-20)16-29-22-8-12-27(23(28)14-22)11-7-17-1-2-18-5-9-25-10-6-19(18)13-17/h1-4,8,12-15,25H,5-7,9-11,16H2. The van der Waals surface area contributed by atoms with Crippen LogP contribution in [0.1, 0.15) is 22.4 Å². The summed E-state index contributed by atoms with van der Waals surface area (Å²) in [6.07, 6.45) is 6.54. The third kappa shape index (κ3) is 5.34. The van der Waals surface area contributed by atoms with Crippen molar-refractivity contribution in [3.8, 4) is 5.75 Å². The molecule has 0 saturated carbocycles. The predicted octanol–water partition coefficient (Wildman–Crippen LogP) is 3.52. The van der Waals surface area contributed by atoms with E-state index < -0.39 is 0 Å². The summed E-state index contributed by atoms with van der Waals surface area (Å²) in [7, 11) is 0. The van der Waals surface area contributed by atoms with E-state index in [-0.39, 0.29) is 5.56 Å². The Kier molecular flexibility index (Phi) is 6.42. The maximum Gasteiger partial charge on any atom is 0.254 e. The second kappa shape index (κ2) is 9.37. The van der Waals surface area contributed by atoms with E-state index in [1.54, 1.807) is 23.0 Å². The first-order chi connectivity index (χ1) is 14.2. The lowest BCUT2D eigenvalue weighted by atomic mass is 9.99. The highest BCUT2D eigenvalue weighted by Crippen LogP contribution is 2.16. The molecule has 6 heteroatoms. The molecule has 0 amide bonds. The molecule has 150 valence electrons. The van der Waals surface area contributed by atoms with Crippen LogP contribution in [0.5, 0.6) is 5.75 Å². The van der Waals surface area contributed by atoms with Crippen molar-refractivity contribution >= 4 is 15.9 Å². The first-order valence-electron chi connectivity index (χ1n) is 9.92. The molecule has 5 nitrogen and oxygen atoms in total. The van der Waals surface area contributed by atoms with Crippen LogP contribution in [0.4, 0.5) is 0 Å². The fraction of sp³-hybridized carbons (Fsp3) is 0.304. The zero-order chi connectivity index (χ0) is 20.1. The quantitative estimate of drug-likeness (QED) is 0.620. The Morgan fingerprint density at radius 1 is 1.07 bits per heavy atom. The van der Waals surface area contributed by atoms with Crippen molar-refractivity contribution in [2.45, 2.75) is 32.4 Å². The van der Waals surface area contributed by atoms with Crippen LogP contribution in [0.2, 0.25) is 0 Å². The number of hydrogen-bond donors (Lipinski definition) is 1. The second-order valence-corrected chi connectivity index (χ2v) is 8.17. The summed E-state index contributed by atoms with van der Waals surface area (Å²) in [5.41, 5.74) is 4.92. The Morgan fingerprint density at radius 2 is 1.93 bits per heavy atom. The van der Waals surface area contributed by atoms with E-state index >= 15 is 0 Å². The number of nitrogens with one attached hydrogen (secondary N) is 1. The largest absolute Gasteiger partial charge is 0.487 e. The van der Waals surface area contributed by atoms with Crippen LogP contribution in [0.25, 0.3) is 0 Å². The number of ether oxygens (including phenoxy) is 1. The molecule has 0 aliphatic carbocycles. The third-order valence-electron chi connectivity index (χ3n) is 5.20. The molecule has 0 spiro atoms. The van der Waals surface area contributed by atoms with Crippen LogP contribution in [0, 0.1) is 0 Å². The Morgan fingerprint density at radius 3 is 2.72 bits per heavy atom. The molecule has 1 aliphatic rings. The van der Waals surface area contributed by atoms with Crippen molar-refractivity contribution in [3.63, 3.8) is 0 Å². The van der Waals surface area contributed by atoms with Gasteiger partial charge >= 0.3 is 0 Å². The van der Waals surface area contributed by atoms with Crippen LogP contribution >= 0.6 is 15.9 Å². The molecule has 0 fully saturated rings. The van der Waals surface area contributed by atoms with E-state index in [9.17, 15) is 4.79 Å². The minimum Gasteiger partial charge on any atom is -0.487 e. The maximum atomic E-state index is 12.4. The summed E-state index contributed by atoms with van der Waals surface area (Å²) in [6.45, 7) is 3.08. The van der Waals surface area contributed by atoms with E-state index in [4.69, 9.17) is 4.74 Å². The second-order valence-electron chi connectivity index (χ2n) is 7.25. The number of halogens is 1. The van der Waals surface area contributed by atoms with Gasteiger partial charge in [-0.3, -0.25) is 9.78 Å². The average molecular weight is 454 g/mol. The number of pyridine rings is 2. The normalized spacial score (nSPS) is 13.6. The van der Waals surface area contributed by atoms with Gasteiger partial charge in [0.05, 0.1) is 5.69 Å². The summed E-state index contributed by atoms with van der Waals surface area (Å²) < 4.78 is 8.37. The van der Waals surface area contributed by atoms with Gasteiger partial charge in [-0.15, -0.1) is 0 Å². The smallest absolute Gasteiger partial charge is 0.254 e. The fourth-order valence-electron chi connectivity index (χ4n) is 3.55. The molecule has 0 atom stereocenters. The molecule has 0 radical (unpaired) electrons. The van der Waals surface area contributed by atoms with Crippen molar-refractivity contribution in [1.82, 2.24) is 14.9 Å². The molecule has 0 bridgehead atoms. The minimum atomic E-state index is -0.0507. The molecular weight excluding hydrogens is 430 g/mol. The molecular formula is C23H24BrN3O2. The van der Waals surface area contributed by atoms with Crippen LogP contribution in [-0.2, 0) is 32.4 Å². The summed E-state index contributed by atoms with van der Waals surface area (Å²) in [4.78, 5) is 16.7.